The van der Waals surface area contributed by atoms with Crippen LogP contribution in [0.5, 0.6) is 0 Å². The highest BCUT2D eigenvalue weighted by Crippen LogP contribution is 2.19. The van der Waals surface area contributed by atoms with Gasteiger partial charge in [0.05, 0.1) is 12.1 Å². The molecule has 2 aromatic rings. The lowest BCUT2D eigenvalue weighted by atomic mass is 10.1. The van der Waals surface area contributed by atoms with E-state index in [1.54, 1.807) is 6.07 Å². The minimum atomic E-state index is -0.843. The number of carboxylic acids is 1. The molecule has 0 fully saturated rings. The number of aromatic nitrogens is 2. The fourth-order valence-corrected chi connectivity index (χ4v) is 1.87. The summed E-state index contributed by atoms with van der Waals surface area (Å²) in [6.07, 6.45) is 0.00819. The molecule has 1 heterocycles. The average molecular weight is 271 g/mol. The van der Waals surface area contributed by atoms with E-state index >= 15 is 0 Å². The van der Waals surface area contributed by atoms with Crippen LogP contribution in [0.2, 0.25) is 0 Å². The Balaban J connectivity index is 2.20. The summed E-state index contributed by atoms with van der Waals surface area (Å²) >= 11 is 0. The Bertz CT molecular complexity index is 594. The summed E-state index contributed by atoms with van der Waals surface area (Å²) in [6, 6.07) is 11.4. The Hall–Kier alpha value is -2.43. The zero-order valence-electron chi connectivity index (χ0n) is 11.5. The number of aliphatic carboxylic acids is 1. The van der Waals surface area contributed by atoms with Gasteiger partial charge in [0, 0.05) is 11.6 Å². The first-order valence-corrected chi connectivity index (χ1v) is 6.46. The van der Waals surface area contributed by atoms with Crippen LogP contribution >= 0.6 is 0 Å². The van der Waals surface area contributed by atoms with E-state index in [-0.39, 0.29) is 6.42 Å². The van der Waals surface area contributed by atoms with Crippen molar-refractivity contribution < 1.29 is 9.90 Å². The number of rotatable bonds is 5. The molecule has 2 rings (SSSR count). The Morgan fingerprint density at radius 1 is 1.25 bits per heavy atom. The van der Waals surface area contributed by atoms with Gasteiger partial charge in [0.2, 0.25) is 0 Å². The van der Waals surface area contributed by atoms with Crippen molar-refractivity contribution in [1.82, 2.24) is 10.2 Å². The Morgan fingerprint density at radius 3 is 2.65 bits per heavy atom. The van der Waals surface area contributed by atoms with Crippen LogP contribution in [-0.2, 0) is 11.2 Å². The Morgan fingerprint density at radius 2 is 2.05 bits per heavy atom. The molecular formula is C15H17N3O2. The van der Waals surface area contributed by atoms with Crippen LogP contribution in [0, 0.1) is 0 Å². The number of benzene rings is 1. The molecule has 5 heteroatoms. The largest absolute Gasteiger partial charge is 0.481 e. The van der Waals surface area contributed by atoms with E-state index < -0.39 is 5.97 Å². The third-order valence-corrected chi connectivity index (χ3v) is 2.68. The molecule has 20 heavy (non-hydrogen) atoms. The highest BCUT2D eigenvalue weighted by molar-refractivity contribution is 5.71. The summed E-state index contributed by atoms with van der Waals surface area (Å²) in [5.74, 6) is -0.116. The third-order valence-electron chi connectivity index (χ3n) is 2.68. The molecule has 104 valence electrons. The van der Waals surface area contributed by atoms with Gasteiger partial charge in [-0.25, -0.2) is 0 Å². The molecule has 0 spiro atoms. The lowest BCUT2D eigenvalue weighted by Gasteiger charge is -2.08. The summed E-state index contributed by atoms with van der Waals surface area (Å²) in [5, 5.41) is 20.3. The van der Waals surface area contributed by atoms with E-state index in [0.29, 0.717) is 6.04 Å². The van der Waals surface area contributed by atoms with Crippen LogP contribution in [0.25, 0.3) is 11.3 Å². The normalized spacial score (nSPS) is 10.6. The number of carbonyl (C=O) groups is 1. The summed E-state index contributed by atoms with van der Waals surface area (Å²) in [5.41, 5.74) is 2.35. The van der Waals surface area contributed by atoms with Crippen LogP contribution < -0.4 is 5.32 Å². The maximum absolute atomic E-state index is 10.7. The first kappa shape index (κ1) is 14.0. The van der Waals surface area contributed by atoms with Crippen molar-refractivity contribution in [3.8, 4) is 11.3 Å². The molecule has 1 aromatic heterocycles. The van der Waals surface area contributed by atoms with Crippen LogP contribution in [-0.4, -0.2) is 27.3 Å². The first-order valence-electron chi connectivity index (χ1n) is 6.46. The van der Waals surface area contributed by atoms with Gasteiger partial charge in [-0.15, -0.1) is 10.2 Å². The van der Waals surface area contributed by atoms with E-state index in [9.17, 15) is 4.79 Å². The maximum atomic E-state index is 10.7. The van der Waals surface area contributed by atoms with Gasteiger partial charge in [-0.3, -0.25) is 4.79 Å². The van der Waals surface area contributed by atoms with E-state index in [1.807, 2.05) is 44.2 Å². The predicted molar refractivity (Wildman–Crippen MR) is 77.6 cm³/mol. The molecule has 0 radical (unpaired) electrons. The highest BCUT2D eigenvalue weighted by Gasteiger charge is 2.05. The van der Waals surface area contributed by atoms with Crippen molar-refractivity contribution in [2.45, 2.75) is 26.3 Å². The molecule has 0 aliphatic rings. The van der Waals surface area contributed by atoms with Crippen molar-refractivity contribution in [2.24, 2.45) is 0 Å². The number of anilines is 1. The van der Waals surface area contributed by atoms with Crippen LogP contribution in [0.4, 0.5) is 5.82 Å². The zero-order valence-corrected chi connectivity index (χ0v) is 11.5. The van der Waals surface area contributed by atoms with Crippen molar-refractivity contribution >= 4 is 11.8 Å². The molecule has 0 aliphatic heterocycles. The van der Waals surface area contributed by atoms with Crippen molar-refractivity contribution in [3.63, 3.8) is 0 Å². The summed E-state index contributed by atoms with van der Waals surface area (Å²) in [7, 11) is 0. The average Bonchev–Trinajstić information content (AvgIpc) is 2.38. The highest BCUT2D eigenvalue weighted by atomic mass is 16.4. The van der Waals surface area contributed by atoms with Gasteiger partial charge in [0.15, 0.2) is 0 Å². The number of hydrogen-bond donors (Lipinski definition) is 2. The quantitative estimate of drug-likeness (QED) is 0.874. The second-order valence-electron chi connectivity index (χ2n) is 4.87. The standard InChI is InChI=1S/C15H17N3O2/c1-10(2)16-14-7-6-13(17-18-14)12-5-3-4-11(8-12)9-15(19)20/h3-8,10H,9H2,1-2H3,(H,16,18)(H,19,20). The van der Waals surface area contributed by atoms with Crippen LogP contribution in [0.1, 0.15) is 19.4 Å². The number of nitrogens with one attached hydrogen (secondary N) is 1. The van der Waals surface area contributed by atoms with Crippen molar-refractivity contribution in [3.05, 3.63) is 42.0 Å². The summed E-state index contributed by atoms with van der Waals surface area (Å²) < 4.78 is 0. The van der Waals surface area contributed by atoms with Gasteiger partial charge in [0.25, 0.3) is 0 Å². The van der Waals surface area contributed by atoms with Gasteiger partial charge in [-0.05, 0) is 37.6 Å². The SMILES string of the molecule is CC(C)Nc1ccc(-c2cccc(CC(=O)O)c2)nn1. The molecule has 1 aromatic carbocycles. The first-order chi connectivity index (χ1) is 9.54. The lowest BCUT2D eigenvalue weighted by Crippen LogP contribution is -2.11. The van der Waals surface area contributed by atoms with Crippen molar-refractivity contribution in [2.75, 3.05) is 5.32 Å². The molecule has 0 aliphatic carbocycles. The molecule has 0 amide bonds. The van der Waals surface area contributed by atoms with E-state index in [1.165, 1.54) is 0 Å². The second kappa shape index (κ2) is 6.14. The fourth-order valence-electron chi connectivity index (χ4n) is 1.87. The van der Waals surface area contributed by atoms with Crippen LogP contribution in [0.3, 0.4) is 0 Å². The molecule has 0 bridgehead atoms. The second-order valence-corrected chi connectivity index (χ2v) is 4.87. The fraction of sp³-hybridized carbons (Fsp3) is 0.267. The predicted octanol–water partition coefficient (Wildman–Crippen LogP) is 2.59. The lowest BCUT2D eigenvalue weighted by molar-refractivity contribution is -0.136. The minimum absolute atomic E-state index is 0.00819. The summed E-state index contributed by atoms with van der Waals surface area (Å²) in [6.45, 7) is 4.07. The molecular weight excluding hydrogens is 254 g/mol. The Labute approximate surface area is 117 Å². The maximum Gasteiger partial charge on any atom is 0.307 e. The topological polar surface area (TPSA) is 75.1 Å². The minimum Gasteiger partial charge on any atom is -0.481 e. The third kappa shape index (κ3) is 3.78. The van der Waals surface area contributed by atoms with Crippen LogP contribution in [0.15, 0.2) is 36.4 Å². The van der Waals surface area contributed by atoms with E-state index in [0.717, 1.165) is 22.6 Å². The van der Waals surface area contributed by atoms with Gasteiger partial charge in [-0.2, -0.15) is 0 Å². The molecule has 0 saturated carbocycles. The molecule has 0 unspecified atom stereocenters. The zero-order chi connectivity index (χ0) is 14.5. The van der Waals surface area contributed by atoms with Gasteiger partial charge in [-0.1, -0.05) is 18.2 Å². The van der Waals surface area contributed by atoms with Gasteiger partial charge < -0.3 is 10.4 Å². The molecule has 0 saturated heterocycles. The van der Waals surface area contributed by atoms with Gasteiger partial charge >= 0.3 is 5.97 Å². The number of nitrogens with zero attached hydrogens (tertiary/aromatic N) is 2. The van der Waals surface area contributed by atoms with Crippen molar-refractivity contribution in [1.29, 1.82) is 0 Å². The summed E-state index contributed by atoms with van der Waals surface area (Å²) in [4.78, 5) is 10.7. The molecule has 2 N–H and O–H groups in total. The molecule has 5 nitrogen and oxygen atoms in total. The van der Waals surface area contributed by atoms with Gasteiger partial charge in [0.1, 0.15) is 5.82 Å². The number of hydrogen-bond acceptors (Lipinski definition) is 4. The molecule has 0 atom stereocenters. The van der Waals surface area contributed by atoms with E-state index in [4.69, 9.17) is 5.11 Å². The monoisotopic (exact) mass is 271 g/mol. The smallest absolute Gasteiger partial charge is 0.307 e. The Kier molecular flexibility index (Phi) is 4.30. The number of carboxylic acid groups (broad SMARTS) is 1. The van der Waals surface area contributed by atoms with E-state index in [2.05, 4.69) is 15.5 Å².